The highest BCUT2D eigenvalue weighted by molar-refractivity contribution is 6.32. The molecule has 0 aliphatic heterocycles. The molecule has 2 aromatic rings. The van der Waals surface area contributed by atoms with E-state index in [2.05, 4.69) is 0 Å². The van der Waals surface area contributed by atoms with Gasteiger partial charge in [0.2, 0.25) is 0 Å². The standard InChI is InChI=1S/C14H9ClF2O3/c15-11-7-8(13(16)17)4-5-12(11)20-10-3-1-2-9(6-10)14(18)19/h1-7,13H,(H,18,19). The second-order valence-electron chi connectivity index (χ2n) is 3.93. The Morgan fingerprint density at radius 3 is 2.55 bits per heavy atom. The van der Waals surface area contributed by atoms with Gasteiger partial charge in [-0.25, -0.2) is 13.6 Å². The van der Waals surface area contributed by atoms with E-state index in [1.54, 1.807) is 6.07 Å². The van der Waals surface area contributed by atoms with Crippen molar-refractivity contribution in [1.29, 1.82) is 0 Å². The second kappa shape index (κ2) is 5.88. The smallest absolute Gasteiger partial charge is 0.335 e. The van der Waals surface area contributed by atoms with Gasteiger partial charge < -0.3 is 9.84 Å². The van der Waals surface area contributed by atoms with Crippen LogP contribution in [0.2, 0.25) is 5.02 Å². The van der Waals surface area contributed by atoms with Gasteiger partial charge >= 0.3 is 5.97 Å². The molecule has 104 valence electrons. The predicted molar refractivity (Wildman–Crippen MR) is 69.9 cm³/mol. The Morgan fingerprint density at radius 1 is 1.20 bits per heavy atom. The topological polar surface area (TPSA) is 46.5 Å². The van der Waals surface area contributed by atoms with E-state index >= 15 is 0 Å². The van der Waals surface area contributed by atoms with Gasteiger partial charge in [0.25, 0.3) is 6.43 Å². The summed E-state index contributed by atoms with van der Waals surface area (Å²) in [4.78, 5) is 10.8. The Labute approximate surface area is 118 Å². The first-order valence-corrected chi connectivity index (χ1v) is 5.94. The molecule has 6 heteroatoms. The van der Waals surface area contributed by atoms with E-state index in [0.29, 0.717) is 0 Å². The van der Waals surface area contributed by atoms with E-state index in [4.69, 9.17) is 21.4 Å². The highest BCUT2D eigenvalue weighted by Gasteiger charge is 2.11. The second-order valence-corrected chi connectivity index (χ2v) is 4.33. The lowest BCUT2D eigenvalue weighted by molar-refractivity contribution is 0.0696. The molecule has 0 amide bonds. The van der Waals surface area contributed by atoms with Crippen LogP contribution in [-0.4, -0.2) is 11.1 Å². The molecular weight excluding hydrogens is 290 g/mol. The molecule has 0 spiro atoms. The Kier molecular flexibility index (Phi) is 4.20. The Balaban J connectivity index is 2.26. The van der Waals surface area contributed by atoms with Crippen molar-refractivity contribution in [1.82, 2.24) is 0 Å². The zero-order chi connectivity index (χ0) is 14.7. The number of ether oxygens (including phenoxy) is 1. The maximum absolute atomic E-state index is 12.5. The highest BCUT2D eigenvalue weighted by Crippen LogP contribution is 2.33. The zero-order valence-corrected chi connectivity index (χ0v) is 10.8. The van der Waals surface area contributed by atoms with Crippen molar-refractivity contribution in [2.24, 2.45) is 0 Å². The fourth-order valence-corrected chi connectivity index (χ4v) is 1.78. The van der Waals surface area contributed by atoms with Crippen LogP contribution in [-0.2, 0) is 0 Å². The van der Waals surface area contributed by atoms with Crippen LogP contribution in [0.3, 0.4) is 0 Å². The van der Waals surface area contributed by atoms with Gasteiger partial charge in [-0.1, -0.05) is 17.7 Å². The molecular formula is C14H9ClF2O3. The SMILES string of the molecule is O=C(O)c1cccc(Oc2ccc(C(F)F)cc2Cl)c1. The molecule has 0 aliphatic rings. The van der Waals surface area contributed by atoms with Gasteiger partial charge in [0.1, 0.15) is 11.5 Å². The quantitative estimate of drug-likeness (QED) is 0.884. The van der Waals surface area contributed by atoms with Gasteiger partial charge in [-0.05, 0) is 36.4 Å². The van der Waals surface area contributed by atoms with E-state index in [0.717, 1.165) is 6.07 Å². The van der Waals surface area contributed by atoms with E-state index in [1.807, 2.05) is 0 Å². The molecule has 0 heterocycles. The molecule has 2 aromatic carbocycles. The van der Waals surface area contributed by atoms with Crippen molar-refractivity contribution in [3.8, 4) is 11.5 Å². The number of carboxylic acid groups (broad SMARTS) is 1. The van der Waals surface area contributed by atoms with Gasteiger partial charge in [-0.3, -0.25) is 0 Å². The minimum atomic E-state index is -2.61. The van der Waals surface area contributed by atoms with Crippen molar-refractivity contribution < 1.29 is 23.4 Å². The minimum Gasteiger partial charge on any atom is -0.478 e. The van der Waals surface area contributed by atoms with Crippen LogP contribution in [0.4, 0.5) is 8.78 Å². The number of hydrogen-bond acceptors (Lipinski definition) is 2. The third kappa shape index (κ3) is 3.24. The molecule has 1 N–H and O–H groups in total. The molecule has 0 aliphatic carbocycles. The molecule has 0 atom stereocenters. The maximum atomic E-state index is 12.5. The summed E-state index contributed by atoms with van der Waals surface area (Å²) in [5.41, 5.74) is -0.149. The van der Waals surface area contributed by atoms with Gasteiger partial charge in [0, 0.05) is 5.56 Å². The Bertz CT molecular complexity index is 644. The average molecular weight is 299 g/mol. The first kappa shape index (κ1) is 14.3. The van der Waals surface area contributed by atoms with Crippen LogP contribution in [0.25, 0.3) is 0 Å². The Hall–Kier alpha value is -2.14. The lowest BCUT2D eigenvalue weighted by atomic mass is 10.2. The lowest BCUT2D eigenvalue weighted by Crippen LogP contribution is -1.96. The van der Waals surface area contributed by atoms with Crippen LogP contribution in [0.5, 0.6) is 11.5 Å². The van der Waals surface area contributed by atoms with Crippen LogP contribution < -0.4 is 4.74 Å². The summed E-state index contributed by atoms with van der Waals surface area (Å²) in [6, 6.07) is 9.42. The normalized spacial score (nSPS) is 10.6. The number of carboxylic acids is 1. The average Bonchev–Trinajstić information content (AvgIpc) is 2.41. The van der Waals surface area contributed by atoms with Crippen LogP contribution in [0.15, 0.2) is 42.5 Å². The van der Waals surface area contributed by atoms with Crippen molar-refractivity contribution in [2.75, 3.05) is 0 Å². The molecule has 0 bridgehead atoms. The third-order valence-corrected chi connectivity index (χ3v) is 2.81. The number of rotatable bonds is 4. The van der Waals surface area contributed by atoms with E-state index in [-0.39, 0.29) is 27.6 Å². The van der Waals surface area contributed by atoms with Crippen LogP contribution in [0.1, 0.15) is 22.3 Å². The van der Waals surface area contributed by atoms with Gasteiger partial charge in [0.05, 0.1) is 10.6 Å². The fraction of sp³-hybridized carbons (Fsp3) is 0.0714. The molecule has 20 heavy (non-hydrogen) atoms. The van der Waals surface area contributed by atoms with Crippen molar-refractivity contribution >= 4 is 17.6 Å². The molecule has 0 unspecified atom stereocenters. The van der Waals surface area contributed by atoms with Gasteiger partial charge in [-0.15, -0.1) is 0 Å². The molecule has 0 saturated heterocycles. The first-order chi connectivity index (χ1) is 9.47. The van der Waals surface area contributed by atoms with E-state index in [9.17, 15) is 13.6 Å². The molecule has 0 fully saturated rings. The number of alkyl halides is 2. The fourth-order valence-electron chi connectivity index (χ4n) is 1.56. The van der Waals surface area contributed by atoms with E-state index in [1.165, 1.54) is 30.3 Å². The largest absolute Gasteiger partial charge is 0.478 e. The lowest BCUT2D eigenvalue weighted by Gasteiger charge is -2.09. The summed E-state index contributed by atoms with van der Waals surface area (Å²) in [5, 5.41) is 8.89. The summed E-state index contributed by atoms with van der Waals surface area (Å²) in [6.45, 7) is 0. The number of hydrogen-bond donors (Lipinski definition) is 1. The molecule has 3 nitrogen and oxygen atoms in total. The van der Waals surface area contributed by atoms with Crippen molar-refractivity contribution in [2.45, 2.75) is 6.43 Å². The summed E-state index contributed by atoms with van der Waals surface area (Å²) in [7, 11) is 0. The van der Waals surface area contributed by atoms with Crippen molar-refractivity contribution in [3.63, 3.8) is 0 Å². The monoisotopic (exact) mass is 298 g/mol. The number of aromatic carboxylic acids is 1. The number of halogens is 3. The highest BCUT2D eigenvalue weighted by atomic mass is 35.5. The summed E-state index contributed by atoms with van der Waals surface area (Å²) >= 11 is 5.85. The third-order valence-electron chi connectivity index (χ3n) is 2.52. The minimum absolute atomic E-state index is 0.0310. The number of benzene rings is 2. The molecule has 2 rings (SSSR count). The summed E-state index contributed by atoms with van der Waals surface area (Å²) < 4.78 is 30.4. The maximum Gasteiger partial charge on any atom is 0.335 e. The molecule has 0 radical (unpaired) electrons. The predicted octanol–water partition coefficient (Wildman–Crippen LogP) is 4.77. The van der Waals surface area contributed by atoms with Crippen molar-refractivity contribution in [3.05, 3.63) is 58.6 Å². The first-order valence-electron chi connectivity index (χ1n) is 5.56. The molecule has 0 saturated carbocycles. The summed E-state index contributed by atoms with van der Waals surface area (Å²) in [5.74, 6) is -0.648. The number of carbonyl (C=O) groups is 1. The van der Waals surface area contributed by atoms with Crippen LogP contribution >= 0.6 is 11.6 Å². The van der Waals surface area contributed by atoms with Gasteiger partial charge in [0.15, 0.2) is 0 Å². The zero-order valence-electron chi connectivity index (χ0n) is 10.0. The van der Waals surface area contributed by atoms with Gasteiger partial charge in [-0.2, -0.15) is 0 Å². The Morgan fingerprint density at radius 2 is 1.95 bits per heavy atom. The summed E-state index contributed by atoms with van der Waals surface area (Å²) in [6.07, 6.45) is -2.61. The van der Waals surface area contributed by atoms with Crippen LogP contribution in [0, 0.1) is 0 Å². The molecule has 0 aromatic heterocycles. The van der Waals surface area contributed by atoms with E-state index < -0.39 is 12.4 Å².